The van der Waals surface area contributed by atoms with Crippen molar-refractivity contribution in [3.63, 3.8) is 0 Å². The quantitative estimate of drug-likeness (QED) is 0.732. The fraction of sp³-hybridized carbons (Fsp3) is 0.696. The SMILES string of the molecule is COc1ccc(CN(C)C(=O)CN(C)CC23CC4CC(CC(C4)C2)C3)cc1. The van der Waals surface area contributed by atoms with Crippen molar-refractivity contribution in [2.45, 2.75) is 45.1 Å². The molecule has 0 radical (unpaired) electrons. The fourth-order valence-corrected chi connectivity index (χ4v) is 6.56. The zero-order valence-electron chi connectivity index (χ0n) is 17.1. The topological polar surface area (TPSA) is 32.8 Å². The molecule has 0 saturated heterocycles. The van der Waals surface area contributed by atoms with Gasteiger partial charge in [0.2, 0.25) is 5.91 Å². The van der Waals surface area contributed by atoms with Crippen molar-refractivity contribution in [2.24, 2.45) is 23.2 Å². The first-order valence-electron chi connectivity index (χ1n) is 10.5. The van der Waals surface area contributed by atoms with Gasteiger partial charge in [-0.3, -0.25) is 9.69 Å². The van der Waals surface area contributed by atoms with Crippen molar-refractivity contribution >= 4 is 5.91 Å². The molecule has 1 aromatic carbocycles. The molecule has 4 heteroatoms. The van der Waals surface area contributed by atoms with Gasteiger partial charge in [0.25, 0.3) is 0 Å². The smallest absolute Gasteiger partial charge is 0.236 e. The maximum absolute atomic E-state index is 12.7. The zero-order chi connectivity index (χ0) is 19.0. The minimum absolute atomic E-state index is 0.207. The average Bonchev–Trinajstić information content (AvgIpc) is 2.60. The van der Waals surface area contributed by atoms with E-state index in [2.05, 4.69) is 11.9 Å². The highest BCUT2D eigenvalue weighted by Gasteiger charge is 2.51. The Labute approximate surface area is 163 Å². The molecule has 0 N–H and O–H groups in total. The number of carbonyl (C=O) groups is 1. The molecule has 4 nitrogen and oxygen atoms in total. The zero-order valence-corrected chi connectivity index (χ0v) is 17.1. The predicted octanol–water partition coefficient (Wildman–Crippen LogP) is 3.80. The standard InChI is InChI=1S/C23H34N2O2/c1-24(16-23-11-18-8-19(12-23)10-20(9-18)13-23)15-22(26)25(2)14-17-4-6-21(27-3)7-5-17/h4-7,18-20H,8-16H2,1-3H3. The van der Waals surface area contributed by atoms with E-state index >= 15 is 0 Å². The summed E-state index contributed by atoms with van der Waals surface area (Å²) in [5, 5.41) is 0. The van der Waals surface area contributed by atoms with Gasteiger partial charge in [-0.1, -0.05) is 12.1 Å². The van der Waals surface area contributed by atoms with Crippen LogP contribution in [0.4, 0.5) is 0 Å². The third-order valence-corrected chi connectivity index (χ3v) is 7.18. The van der Waals surface area contributed by atoms with E-state index in [1.54, 1.807) is 7.11 Å². The van der Waals surface area contributed by atoms with Crippen LogP contribution in [0, 0.1) is 23.2 Å². The molecule has 0 spiro atoms. The summed E-state index contributed by atoms with van der Waals surface area (Å²) in [6.45, 7) is 2.26. The number of nitrogens with zero attached hydrogens (tertiary/aromatic N) is 2. The third kappa shape index (κ3) is 4.16. The van der Waals surface area contributed by atoms with Gasteiger partial charge in [0.15, 0.2) is 0 Å². The molecular weight excluding hydrogens is 336 g/mol. The number of rotatable bonds is 7. The van der Waals surface area contributed by atoms with Crippen molar-refractivity contribution in [1.29, 1.82) is 0 Å². The molecule has 1 amide bonds. The number of amides is 1. The van der Waals surface area contributed by atoms with E-state index in [9.17, 15) is 4.79 Å². The number of carbonyl (C=O) groups excluding carboxylic acids is 1. The lowest BCUT2D eigenvalue weighted by Crippen LogP contribution is -2.51. The Morgan fingerprint density at radius 2 is 1.59 bits per heavy atom. The van der Waals surface area contributed by atoms with Crippen molar-refractivity contribution in [3.05, 3.63) is 29.8 Å². The monoisotopic (exact) mass is 370 g/mol. The van der Waals surface area contributed by atoms with E-state index in [-0.39, 0.29) is 5.91 Å². The van der Waals surface area contributed by atoms with Crippen molar-refractivity contribution < 1.29 is 9.53 Å². The lowest BCUT2D eigenvalue weighted by Gasteiger charge is -2.57. The summed E-state index contributed by atoms with van der Waals surface area (Å²) in [5.74, 6) is 3.97. The largest absolute Gasteiger partial charge is 0.497 e. The summed E-state index contributed by atoms with van der Waals surface area (Å²) in [7, 11) is 5.72. The Bertz CT molecular complexity index is 634. The van der Waals surface area contributed by atoms with E-state index < -0.39 is 0 Å². The molecule has 148 valence electrons. The second-order valence-electron chi connectivity index (χ2n) is 9.69. The summed E-state index contributed by atoms with van der Waals surface area (Å²) in [6.07, 6.45) is 8.64. The number of benzene rings is 1. The third-order valence-electron chi connectivity index (χ3n) is 7.18. The molecule has 4 saturated carbocycles. The maximum atomic E-state index is 12.7. The number of ether oxygens (including phenoxy) is 1. The minimum atomic E-state index is 0.207. The Morgan fingerprint density at radius 1 is 1.04 bits per heavy atom. The number of likely N-dealkylation sites (N-methyl/N-ethyl adjacent to an activating group) is 2. The van der Waals surface area contributed by atoms with Gasteiger partial charge in [-0.2, -0.15) is 0 Å². The van der Waals surface area contributed by atoms with Gasteiger partial charge in [-0.05, 0) is 86.4 Å². The molecule has 1 aromatic rings. The van der Waals surface area contributed by atoms with Crippen LogP contribution in [0.3, 0.4) is 0 Å². The predicted molar refractivity (Wildman–Crippen MR) is 108 cm³/mol. The maximum Gasteiger partial charge on any atom is 0.236 e. The van der Waals surface area contributed by atoms with Crippen molar-refractivity contribution in [2.75, 3.05) is 34.3 Å². The Balaban J connectivity index is 1.29. The molecule has 0 aliphatic heterocycles. The van der Waals surface area contributed by atoms with Gasteiger partial charge in [0.05, 0.1) is 13.7 Å². The van der Waals surface area contributed by atoms with Gasteiger partial charge >= 0.3 is 0 Å². The molecule has 0 atom stereocenters. The van der Waals surface area contributed by atoms with Crippen LogP contribution >= 0.6 is 0 Å². The second-order valence-corrected chi connectivity index (χ2v) is 9.69. The lowest BCUT2D eigenvalue weighted by atomic mass is 9.49. The van der Waals surface area contributed by atoms with Crippen LogP contribution in [0.2, 0.25) is 0 Å². The first-order valence-corrected chi connectivity index (χ1v) is 10.5. The molecule has 0 aromatic heterocycles. The first-order chi connectivity index (χ1) is 12.9. The highest BCUT2D eigenvalue weighted by molar-refractivity contribution is 5.78. The van der Waals surface area contributed by atoms with E-state index in [1.807, 2.05) is 36.2 Å². The Morgan fingerprint density at radius 3 is 2.11 bits per heavy atom. The van der Waals surface area contributed by atoms with Gasteiger partial charge in [0, 0.05) is 20.1 Å². The molecule has 0 heterocycles. The van der Waals surface area contributed by atoms with Crippen LogP contribution in [-0.2, 0) is 11.3 Å². The minimum Gasteiger partial charge on any atom is -0.497 e. The van der Waals surface area contributed by atoms with E-state index in [0.29, 0.717) is 18.5 Å². The number of hydrogen-bond donors (Lipinski definition) is 0. The van der Waals surface area contributed by atoms with Crippen LogP contribution in [0.15, 0.2) is 24.3 Å². The lowest BCUT2D eigenvalue weighted by molar-refractivity contribution is -0.132. The van der Waals surface area contributed by atoms with Crippen molar-refractivity contribution in [1.82, 2.24) is 9.80 Å². The normalized spacial score (nSPS) is 31.3. The molecule has 27 heavy (non-hydrogen) atoms. The second kappa shape index (κ2) is 7.46. The average molecular weight is 371 g/mol. The molecule has 4 fully saturated rings. The molecule has 4 aliphatic rings. The summed E-state index contributed by atoms with van der Waals surface area (Å²) < 4.78 is 5.20. The van der Waals surface area contributed by atoms with Crippen LogP contribution in [-0.4, -0.2) is 50.0 Å². The molecule has 4 aliphatic carbocycles. The van der Waals surface area contributed by atoms with E-state index in [1.165, 1.54) is 38.5 Å². The number of hydrogen-bond acceptors (Lipinski definition) is 3. The van der Waals surface area contributed by atoms with Crippen molar-refractivity contribution in [3.8, 4) is 5.75 Å². The summed E-state index contributed by atoms with van der Waals surface area (Å²) in [5.41, 5.74) is 1.63. The summed E-state index contributed by atoms with van der Waals surface area (Å²) in [4.78, 5) is 16.9. The Kier molecular flexibility index (Phi) is 5.19. The van der Waals surface area contributed by atoms with Crippen LogP contribution in [0.5, 0.6) is 5.75 Å². The fourth-order valence-electron chi connectivity index (χ4n) is 6.56. The van der Waals surface area contributed by atoms with Gasteiger partial charge in [0.1, 0.15) is 5.75 Å². The first kappa shape index (κ1) is 18.8. The van der Waals surface area contributed by atoms with Crippen LogP contribution in [0.1, 0.15) is 44.1 Å². The van der Waals surface area contributed by atoms with Crippen LogP contribution in [0.25, 0.3) is 0 Å². The van der Waals surface area contributed by atoms with Gasteiger partial charge < -0.3 is 9.64 Å². The molecular formula is C23H34N2O2. The summed E-state index contributed by atoms with van der Waals surface area (Å²) in [6, 6.07) is 7.96. The number of methoxy groups -OCH3 is 1. The van der Waals surface area contributed by atoms with Gasteiger partial charge in [-0.25, -0.2) is 0 Å². The van der Waals surface area contributed by atoms with E-state index in [4.69, 9.17) is 4.74 Å². The van der Waals surface area contributed by atoms with E-state index in [0.717, 1.165) is 35.6 Å². The Hall–Kier alpha value is -1.55. The molecule has 5 rings (SSSR count). The molecule has 0 unspecified atom stereocenters. The van der Waals surface area contributed by atoms with Gasteiger partial charge in [-0.15, -0.1) is 0 Å². The highest BCUT2D eigenvalue weighted by Crippen LogP contribution is 2.60. The molecule has 4 bridgehead atoms. The highest BCUT2D eigenvalue weighted by atomic mass is 16.5. The van der Waals surface area contributed by atoms with Crippen LogP contribution < -0.4 is 4.74 Å². The summed E-state index contributed by atoms with van der Waals surface area (Å²) >= 11 is 0.